The number of hydrogen-bond donors (Lipinski definition) is 0. The molecule has 0 aromatic rings. The summed E-state index contributed by atoms with van der Waals surface area (Å²) in [7, 11) is 0. The van der Waals surface area contributed by atoms with Gasteiger partial charge in [0, 0.05) is 6.42 Å². The Morgan fingerprint density at radius 3 is 3.12 bits per heavy atom. The third-order valence-electron chi connectivity index (χ3n) is 1.40. The number of rotatable bonds is 0. The SMILES string of the molecule is O=C1CCOC2OC12. The van der Waals surface area contributed by atoms with Crippen molar-refractivity contribution in [2.24, 2.45) is 0 Å². The van der Waals surface area contributed by atoms with Crippen molar-refractivity contribution in [3.63, 3.8) is 0 Å². The third kappa shape index (κ3) is 0.485. The molecule has 0 aliphatic carbocycles. The highest BCUT2D eigenvalue weighted by atomic mass is 16.8. The van der Waals surface area contributed by atoms with Crippen molar-refractivity contribution in [1.29, 1.82) is 0 Å². The van der Waals surface area contributed by atoms with Crippen molar-refractivity contribution in [2.75, 3.05) is 6.61 Å². The molecule has 2 heterocycles. The summed E-state index contributed by atoms with van der Waals surface area (Å²) in [5.74, 6) is 0.196. The Kier molecular flexibility index (Phi) is 0.725. The molecule has 2 atom stereocenters. The summed E-state index contributed by atoms with van der Waals surface area (Å²) >= 11 is 0. The molecule has 3 nitrogen and oxygen atoms in total. The summed E-state index contributed by atoms with van der Waals surface area (Å²) in [6.45, 7) is 0.542. The first-order chi connectivity index (χ1) is 3.88. The van der Waals surface area contributed by atoms with E-state index in [9.17, 15) is 4.79 Å². The highest BCUT2D eigenvalue weighted by Gasteiger charge is 2.48. The van der Waals surface area contributed by atoms with Crippen LogP contribution in [0.3, 0.4) is 0 Å². The molecule has 2 saturated heterocycles. The van der Waals surface area contributed by atoms with Crippen LogP contribution >= 0.6 is 0 Å². The number of epoxide rings is 1. The molecule has 2 aliphatic rings. The smallest absolute Gasteiger partial charge is 0.192 e. The Labute approximate surface area is 46.6 Å². The summed E-state index contributed by atoms with van der Waals surface area (Å²) in [5.41, 5.74) is 0. The van der Waals surface area contributed by atoms with Gasteiger partial charge in [0.15, 0.2) is 18.2 Å². The average molecular weight is 114 g/mol. The van der Waals surface area contributed by atoms with Gasteiger partial charge in [-0.1, -0.05) is 0 Å². The van der Waals surface area contributed by atoms with Gasteiger partial charge in [0.2, 0.25) is 0 Å². The van der Waals surface area contributed by atoms with Crippen LogP contribution in [-0.2, 0) is 14.3 Å². The minimum Gasteiger partial charge on any atom is -0.349 e. The molecular weight excluding hydrogens is 108 g/mol. The van der Waals surface area contributed by atoms with Gasteiger partial charge in [0.25, 0.3) is 0 Å². The zero-order valence-corrected chi connectivity index (χ0v) is 4.29. The van der Waals surface area contributed by atoms with Crippen LogP contribution in [0.2, 0.25) is 0 Å². The third-order valence-corrected chi connectivity index (χ3v) is 1.40. The Morgan fingerprint density at radius 2 is 2.50 bits per heavy atom. The van der Waals surface area contributed by atoms with Crippen LogP contribution in [0.1, 0.15) is 6.42 Å². The van der Waals surface area contributed by atoms with Gasteiger partial charge in [-0.2, -0.15) is 0 Å². The fourth-order valence-corrected chi connectivity index (χ4v) is 0.871. The first kappa shape index (κ1) is 4.47. The standard InChI is InChI=1S/C5H6O3/c6-3-1-2-7-5-4(3)8-5/h4-5H,1-2H2. The van der Waals surface area contributed by atoms with Crippen molar-refractivity contribution < 1.29 is 14.3 Å². The maximum absolute atomic E-state index is 10.6. The predicted molar refractivity (Wildman–Crippen MR) is 24.2 cm³/mol. The summed E-state index contributed by atoms with van der Waals surface area (Å²) in [6.07, 6.45) is 0.168. The molecule has 0 radical (unpaired) electrons. The van der Waals surface area contributed by atoms with Crippen molar-refractivity contribution >= 4 is 5.78 Å². The number of hydrogen-bond acceptors (Lipinski definition) is 3. The highest BCUT2D eigenvalue weighted by Crippen LogP contribution is 2.28. The van der Waals surface area contributed by atoms with Crippen LogP contribution in [0, 0.1) is 0 Å². The molecule has 0 spiro atoms. The van der Waals surface area contributed by atoms with Crippen LogP contribution < -0.4 is 0 Å². The summed E-state index contributed by atoms with van der Waals surface area (Å²) in [6, 6.07) is 0. The van der Waals surface area contributed by atoms with Crippen molar-refractivity contribution in [3.05, 3.63) is 0 Å². The van der Waals surface area contributed by atoms with Gasteiger partial charge < -0.3 is 9.47 Å². The van der Waals surface area contributed by atoms with Crippen LogP contribution in [-0.4, -0.2) is 24.8 Å². The molecule has 0 bridgehead atoms. The van der Waals surface area contributed by atoms with Crippen molar-refractivity contribution in [3.8, 4) is 0 Å². The molecule has 2 unspecified atom stereocenters. The second-order valence-corrected chi connectivity index (χ2v) is 2.01. The van der Waals surface area contributed by atoms with Gasteiger partial charge >= 0.3 is 0 Å². The van der Waals surface area contributed by atoms with Crippen molar-refractivity contribution in [2.45, 2.75) is 18.8 Å². The first-order valence-electron chi connectivity index (χ1n) is 2.68. The van der Waals surface area contributed by atoms with E-state index in [-0.39, 0.29) is 18.2 Å². The molecule has 2 rings (SSSR count). The molecule has 2 aliphatic heterocycles. The second kappa shape index (κ2) is 1.30. The Hall–Kier alpha value is -0.410. The number of carbonyl (C=O) groups excluding carboxylic acids is 1. The number of carbonyl (C=O) groups is 1. The Morgan fingerprint density at radius 1 is 1.62 bits per heavy atom. The minimum atomic E-state index is -0.191. The van der Waals surface area contributed by atoms with Gasteiger partial charge in [-0.25, -0.2) is 0 Å². The normalized spacial score (nSPS) is 43.8. The number of Topliss-reactive ketones (excluding diaryl/α,β-unsaturated/α-hetero) is 1. The predicted octanol–water partition coefficient (Wildman–Crippen LogP) is -0.299. The molecule has 8 heavy (non-hydrogen) atoms. The maximum atomic E-state index is 10.6. The van der Waals surface area contributed by atoms with E-state index in [0.29, 0.717) is 13.0 Å². The molecule has 2 fully saturated rings. The molecule has 0 saturated carbocycles. The van der Waals surface area contributed by atoms with E-state index in [2.05, 4.69) is 0 Å². The van der Waals surface area contributed by atoms with Crippen LogP contribution in [0.25, 0.3) is 0 Å². The lowest BCUT2D eigenvalue weighted by Crippen LogP contribution is -2.20. The van der Waals surface area contributed by atoms with E-state index >= 15 is 0 Å². The molecule has 0 aromatic carbocycles. The van der Waals surface area contributed by atoms with Gasteiger partial charge in [0.05, 0.1) is 6.61 Å². The van der Waals surface area contributed by atoms with Gasteiger partial charge in [-0.15, -0.1) is 0 Å². The highest BCUT2D eigenvalue weighted by molar-refractivity contribution is 5.86. The topological polar surface area (TPSA) is 38.8 Å². The van der Waals surface area contributed by atoms with E-state index in [1.807, 2.05) is 0 Å². The Balaban J connectivity index is 2.08. The largest absolute Gasteiger partial charge is 0.349 e. The fraction of sp³-hybridized carbons (Fsp3) is 0.800. The van der Waals surface area contributed by atoms with E-state index in [4.69, 9.17) is 9.47 Å². The summed E-state index contributed by atoms with van der Waals surface area (Å²) in [4.78, 5) is 10.6. The van der Waals surface area contributed by atoms with E-state index in [1.165, 1.54) is 0 Å². The molecular formula is C5H6O3. The molecule has 3 heteroatoms. The zero-order valence-electron chi connectivity index (χ0n) is 4.29. The maximum Gasteiger partial charge on any atom is 0.192 e. The molecule has 0 aromatic heterocycles. The van der Waals surface area contributed by atoms with E-state index in [1.54, 1.807) is 0 Å². The lowest BCUT2D eigenvalue weighted by molar-refractivity contribution is -0.123. The number of ether oxygens (including phenoxy) is 2. The number of ketones is 1. The molecule has 0 N–H and O–H groups in total. The Bertz CT molecular complexity index is 132. The first-order valence-corrected chi connectivity index (χ1v) is 2.68. The fourth-order valence-electron chi connectivity index (χ4n) is 0.871. The van der Waals surface area contributed by atoms with Crippen LogP contribution in [0.15, 0.2) is 0 Å². The van der Waals surface area contributed by atoms with E-state index in [0.717, 1.165) is 0 Å². The van der Waals surface area contributed by atoms with Gasteiger partial charge in [-0.05, 0) is 0 Å². The van der Waals surface area contributed by atoms with Crippen LogP contribution in [0.5, 0.6) is 0 Å². The summed E-state index contributed by atoms with van der Waals surface area (Å²) < 4.78 is 9.80. The van der Waals surface area contributed by atoms with Crippen LogP contribution in [0.4, 0.5) is 0 Å². The second-order valence-electron chi connectivity index (χ2n) is 2.01. The zero-order chi connectivity index (χ0) is 5.56. The summed E-state index contributed by atoms with van der Waals surface area (Å²) in [5, 5.41) is 0. The lowest BCUT2D eigenvalue weighted by atomic mass is 10.2. The average Bonchev–Trinajstić information content (AvgIpc) is 2.45. The van der Waals surface area contributed by atoms with E-state index < -0.39 is 0 Å². The lowest BCUT2D eigenvalue weighted by Gasteiger charge is -2.02. The monoisotopic (exact) mass is 114 g/mol. The minimum absolute atomic E-state index is 0.170. The van der Waals surface area contributed by atoms with Crippen molar-refractivity contribution in [1.82, 2.24) is 0 Å². The molecule has 0 amide bonds. The number of fused-ring (bicyclic) bond motifs is 1. The van der Waals surface area contributed by atoms with Gasteiger partial charge in [-0.3, -0.25) is 4.79 Å². The van der Waals surface area contributed by atoms with Gasteiger partial charge in [0.1, 0.15) is 0 Å². The quantitative estimate of drug-likeness (QED) is 0.406. The molecule has 44 valence electrons.